The van der Waals surface area contributed by atoms with Gasteiger partial charge < -0.3 is 25.0 Å². The van der Waals surface area contributed by atoms with Gasteiger partial charge in [-0.1, -0.05) is 18.2 Å². The van der Waals surface area contributed by atoms with Crippen molar-refractivity contribution in [1.82, 2.24) is 14.9 Å². The second-order valence-electron chi connectivity index (χ2n) is 7.17. The third-order valence-corrected chi connectivity index (χ3v) is 5.38. The molecular weight excluding hydrogens is 396 g/mol. The third-order valence-electron chi connectivity index (χ3n) is 5.38. The minimum Gasteiger partial charge on any atom is -0.497 e. The molecule has 2 amide bonds. The van der Waals surface area contributed by atoms with E-state index in [1.165, 1.54) is 7.11 Å². The lowest BCUT2D eigenvalue weighted by atomic mass is 10.1. The molecule has 1 aliphatic rings. The number of rotatable bonds is 5. The van der Waals surface area contributed by atoms with E-state index in [0.717, 1.165) is 24.3 Å². The van der Waals surface area contributed by atoms with Crippen molar-refractivity contribution in [2.45, 2.75) is 6.54 Å². The molecule has 0 saturated carbocycles. The molecule has 0 aliphatic carbocycles. The Hall–Kier alpha value is -3.59. The molecular formula is C22H26N6O3. The molecule has 0 unspecified atom stereocenters. The van der Waals surface area contributed by atoms with E-state index >= 15 is 0 Å². The molecule has 0 spiro atoms. The maximum Gasteiger partial charge on any atom is 0.323 e. The first-order valence-electron chi connectivity index (χ1n) is 10.1. The molecule has 4 rings (SSSR count). The minimum atomic E-state index is -0.235. The van der Waals surface area contributed by atoms with E-state index in [1.807, 2.05) is 18.2 Å². The molecule has 3 N–H and O–H groups in total. The van der Waals surface area contributed by atoms with Crippen LogP contribution in [0.15, 0.2) is 42.5 Å². The van der Waals surface area contributed by atoms with Gasteiger partial charge in [0.2, 0.25) is 0 Å². The quantitative estimate of drug-likeness (QED) is 0.651. The fourth-order valence-electron chi connectivity index (χ4n) is 3.69. The van der Waals surface area contributed by atoms with Gasteiger partial charge in [-0.15, -0.1) is 0 Å². The first-order chi connectivity index (χ1) is 15.1. The van der Waals surface area contributed by atoms with E-state index in [4.69, 9.17) is 15.2 Å². The molecule has 1 aromatic heterocycles. The lowest BCUT2D eigenvalue weighted by Crippen LogP contribution is -2.50. The highest BCUT2D eigenvalue weighted by Gasteiger charge is 2.24. The smallest absolute Gasteiger partial charge is 0.323 e. The third kappa shape index (κ3) is 4.31. The zero-order chi connectivity index (χ0) is 21.8. The zero-order valence-electron chi connectivity index (χ0n) is 17.7. The van der Waals surface area contributed by atoms with Crippen LogP contribution in [-0.4, -0.2) is 61.3 Å². The number of urea groups is 1. The molecule has 1 fully saturated rings. The van der Waals surface area contributed by atoms with Crippen LogP contribution in [-0.2, 0) is 6.54 Å². The van der Waals surface area contributed by atoms with Crippen molar-refractivity contribution >= 4 is 28.6 Å². The maximum atomic E-state index is 12.9. The molecule has 1 saturated heterocycles. The van der Waals surface area contributed by atoms with Gasteiger partial charge in [0, 0.05) is 44.5 Å². The number of anilines is 2. The number of ether oxygens (including phenoxy) is 2. The van der Waals surface area contributed by atoms with E-state index < -0.39 is 0 Å². The standard InChI is InChI=1S/C22H26N6O3/c1-30-16-7-8-17-18(13-16)24-20(21(25-17)31-2)26-22(29)28-11-9-27(10-12-28)19-6-4-3-5-15(19)14-23/h3-8,13H,9-12,14,23H2,1-2H3,(H,24,26,29). The van der Waals surface area contributed by atoms with Crippen molar-refractivity contribution in [3.8, 4) is 11.6 Å². The summed E-state index contributed by atoms with van der Waals surface area (Å²) < 4.78 is 10.6. The molecule has 0 atom stereocenters. The summed E-state index contributed by atoms with van der Waals surface area (Å²) >= 11 is 0. The summed E-state index contributed by atoms with van der Waals surface area (Å²) in [5.41, 5.74) is 9.36. The minimum absolute atomic E-state index is 0.235. The Labute approximate surface area is 180 Å². The number of hydrogen-bond donors (Lipinski definition) is 2. The molecule has 0 bridgehead atoms. The van der Waals surface area contributed by atoms with Gasteiger partial charge in [0.25, 0.3) is 5.88 Å². The fourth-order valence-corrected chi connectivity index (χ4v) is 3.69. The Balaban J connectivity index is 1.47. The Kier molecular flexibility index (Phi) is 6.03. The predicted molar refractivity (Wildman–Crippen MR) is 120 cm³/mol. The topological polar surface area (TPSA) is 106 Å². The number of fused-ring (bicyclic) bond motifs is 1. The van der Waals surface area contributed by atoms with Crippen LogP contribution in [0.4, 0.5) is 16.3 Å². The van der Waals surface area contributed by atoms with Gasteiger partial charge in [-0.05, 0) is 23.8 Å². The van der Waals surface area contributed by atoms with Crippen molar-refractivity contribution in [3.05, 3.63) is 48.0 Å². The van der Waals surface area contributed by atoms with E-state index in [1.54, 1.807) is 30.2 Å². The van der Waals surface area contributed by atoms with Gasteiger partial charge in [-0.25, -0.2) is 14.8 Å². The van der Waals surface area contributed by atoms with Gasteiger partial charge >= 0.3 is 6.03 Å². The number of piperazine rings is 1. The van der Waals surface area contributed by atoms with Gasteiger partial charge in [0.15, 0.2) is 5.82 Å². The number of nitrogens with one attached hydrogen (secondary N) is 1. The van der Waals surface area contributed by atoms with Crippen LogP contribution in [0.2, 0.25) is 0 Å². The summed E-state index contributed by atoms with van der Waals surface area (Å²) in [4.78, 5) is 25.9. The Morgan fingerprint density at radius 2 is 1.81 bits per heavy atom. The molecule has 0 radical (unpaired) electrons. The fraction of sp³-hybridized carbons (Fsp3) is 0.318. The van der Waals surface area contributed by atoms with Crippen molar-refractivity contribution in [2.24, 2.45) is 5.73 Å². The molecule has 2 aromatic carbocycles. The number of carbonyl (C=O) groups is 1. The first-order valence-corrected chi connectivity index (χ1v) is 10.1. The number of carbonyl (C=O) groups excluding carboxylic acids is 1. The predicted octanol–water partition coefficient (Wildman–Crippen LogP) is 2.46. The number of nitrogens with two attached hydrogens (primary N) is 1. The zero-order valence-corrected chi connectivity index (χ0v) is 17.7. The van der Waals surface area contributed by atoms with Crippen LogP contribution < -0.4 is 25.4 Å². The first kappa shape index (κ1) is 20.7. The summed E-state index contributed by atoms with van der Waals surface area (Å²) in [7, 11) is 3.09. The summed E-state index contributed by atoms with van der Waals surface area (Å²) in [6.45, 7) is 3.11. The Morgan fingerprint density at radius 3 is 2.52 bits per heavy atom. The number of benzene rings is 2. The molecule has 2 heterocycles. The highest BCUT2D eigenvalue weighted by Crippen LogP contribution is 2.26. The van der Waals surface area contributed by atoms with Crippen molar-refractivity contribution in [2.75, 3.05) is 50.6 Å². The van der Waals surface area contributed by atoms with Crippen LogP contribution in [0.5, 0.6) is 11.6 Å². The maximum absolute atomic E-state index is 12.9. The Morgan fingerprint density at radius 1 is 1.03 bits per heavy atom. The molecule has 3 aromatic rings. The van der Waals surface area contributed by atoms with Crippen molar-refractivity contribution in [3.63, 3.8) is 0 Å². The summed E-state index contributed by atoms with van der Waals surface area (Å²) in [5, 5.41) is 2.85. The highest BCUT2D eigenvalue weighted by molar-refractivity contribution is 5.91. The van der Waals surface area contributed by atoms with Crippen LogP contribution in [0.1, 0.15) is 5.56 Å². The number of nitrogens with zero attached hydrogens (tertiary/aromatic N) is 4. The average molecular weight is 422 g/mol. The monoisotopic (exact) mass is 422 g/mol. The van der Waals surface area contributed by atoms with Crippen LogP contribution in [0.25, 0.3) is 11.0 Å². The van der Waals surface area contributed by atoms with Crippen molar-refractivity contribution in [1.29, 1.82) is 0 Å². The van der Waals surface area contributed by atoms with Gasteiger partial charge in [0.05, 0.1) is 25.3 Å². The van der Waals surface area contributed by atoms with E-state index in [-0.39, 0.29) is 17.7 Å². The highest BCUT2D eigenvalue weighted by atomic mass is 16.5. The van der Waals surface area contributed by atoms with Crippen LogP contribution >= 0.6 is 0 Å². The van der Waals surface area contributed by atoms with Crippen LogP contribution in [0.3, 0.4) is 0 Å². The number of aromatic nitrogens is 2. The lowest BCUT2D eigenvalue weighted by molar-refractivity contribution is 0.208. The molecule has 31 heavy (non-hydrogen) atoms. The second-order valence-corrected chi connectivity index (χ2v) is 7.17. The largest absolute Gasteiger partial charge is 0.497 e. The molecule has 9 heteroatoms. The second kappa shape index (κ2) is 9.05. The number of para-hydroxylation sites is 1. The summed E-state index contributed by atoms with van der Waals surface area (Å²) in [6, 6.07) is 13.2. The van der Waals surface area contributed by atoms with Gasteiger partial charge in [0.1, 0.15) is 5.75 Å². The number of amides is 2. The SMILES string of the molecule is COc1ccc2nc(OC)c(NC(=O)N3CCN(c4ccccc4CN)CC3)nc2c1. The van der Waals surface area contributed by atoms with E-state index in [9.17, 15) is 4.79 Å². The van der Waals surface area contributed by atoms with Gasteiger partial charge in [-0.3, -0.25) is 5.32 Å². The van der Waals surface area contributed by atoms with Gasteiger partial charge in [-0.2, -0.15) is 0 Å². The normalized spacial score (nSPS) is 13.9. The summed E-state index contributed by atoms with van der Waals surface area (Å²) in [5.74, 6) is 1.21. The van der Waals surface area contributed by atoms with E-state index in [2.05, 4.69) is 26.3 Å². The Bertz CT molecular complexity index is 1080. The molecule has 9 nitrogen and oxygen atoms in total. The average Bonchev–Trinajstić information content (AvgIpc) is 2.83. The lowest BCUT2D eigenvalue weighted by Gasteiger charge is -2.36. The van der Waals surface area contributed by atoms with Crippen LogP contribution in [0, 0.1) is 0 Å². The summed E-state index contributed by atoms with van der Waals surface area (Å²) in [6.07, 6.45) is 0. The number of hydrogen-bond acceptors (Lipinski definition) is 7. The number of methoxy groups -OCH3 is 2. The molecule has 1 aliphatic heterocycles. The molecule has 162 valence electrons. The van der Waals surface area contributed by atoms with Crippen molar-refractivity contribution < 1.29 is 14.3 Å². The van der Waals surface area contributed by atoms with E-state index in [0.29, 0.717) is 36.4 Å².